The van der Waals surface area contributed by atoms with Gasteiger partial charge in [0.25, 0.3) is 11.8 Å². The van der Waals surface area contributed by atoms with Gasteiger partial charge in [-0.05, 0) is 35.9 Å². The number of hydrogen-bond donors (Lipinski definition) is 2. The van der Waals surface area contributed by atoms with Crippen LogP contribution in [0.25, 0.3) is 6.08 Å². The van der Waals surface area contributed by atoms with Crippen molar-refractivity contribution in [2.75, 3.05) is 32.6 Å². The van der Waals surface area contributed by atoms with Gasteiger partial charge in [0.2, 0.25) is 5.91 Å². The zero-order chi connectivity index (χ0) is 22.6. The molecular weight excluding hydrogens is 398 g/mol. The second-order valence-electron chi connectivity index (χ2n) is 6.77. The molecule has 2 aromatic rings. The first kappa shape index (κ1) is 23.3. The summed E-state index contributed by atoms with van der Waals surface area (Å²) >= 11 is 0. The molecule has 0 radical (unpaired) electrons. The molecule has 0 saturated carbocycles. The SMILES string of the molecule is CN(C)C(=O)c1ccc(NC(=O)COC(=O)CCNC(=O)/C=C/c2ccccc2)cc1. The molecular formula is C23H25N3O5. The maximum Gasteiger partial charge on any atom is 0.308 e. The highest BCUT2D eigenvalue weighted by molar-refractivity contribution is 5.96. The first-order valence-electron chi connectivity index (χ1n) is 9.63. The van der Waals surface area contributed by atoms with Crippen molar-refractivity contribution in [1.29, 1.82) is 0 Å². The average Bonchev–Trinajstić information content (AvgIpc) is 2.77. The highest BCUT2D eigenvalue weighted by Crippen LogP contribution is 2.10. The minimum atomic E-state index is -0.602. The van der Waals surface area contributed by atoms with E-state index >= 15 is 0 Å². The lowest BCUT2D eigenvalue weighted by Gasteiger charge is -2.11. The van der Waals surface area contributed by atoms with Crippen molar-refractivity contribution in [2.24, 2.45) is 0 Å². The molecule has 0 atom stereocenters. The van der Waals surface area contributed by atoms with E-state index in [0.29, 0.717) is 11.3 Å². The third-order valence-electron chi connectivity index (χ3n) is 4.04. The number of benzene rings is 2. The molecule has 0 aromatic heterocycles. The molecule has 0 bridgehead atoms. The summed E-state index contributed by atoms with van der Waals surface area (Å²) in [6, 6.07) is 15.7. The summed E-state index contributed by atoms with van der Waals surface area (Å²) < 4.78 is 4.90. The molecule has 0 fully saturated rings. The van der Waals surface area contributed by atoms with Crippen LogP contribution in [0.15, 0.2) is 60.7 Å². The van der Waals surface area contributed by atoms with Gasteiger partial charge in [-0.3, -0.25) is 19.2 Å². The van der Waals surface area contributed by atoms with E-state index in [9.17, 15) is 19.2 Å². The number of carbonyl (C=O) groups excluding carboxylic acids is 4. The molecule has 0 aliphatic heterocycles. The van der Waals surface area contributed by atoms with Gasteiger partial charge in [0.15, 0.2) is 6.61 Å². The van der Waals surface area contributed by atoms with E-state index in [1.165, 1.54) is 11.0 Å². The van der Waals surface area contributed by atoms with Crippen LogP contribution in [0, 0.1) is 0 Å². The largest absolute Gasteiger partial charge is 0.456 e. The molecule has 0 heterocycles. The van der Waals surface area contributed by atoms with Crippen LogP contribution in [0.5, 0.6) is 0 Å². The Morgan fingerprint density at radius 1 is 0.968 bits per heavy atom. The highest BCUT2D eigenvalue weighted by Gasteiger charge is 2.10. The smallest absolute Gasteiger partial charge is 0.308 e. The van der Waals surface area contributed by atoms with E-state index in [1.807, 2.05) is 30.3 Å². The van der Waals surface area contributed by atoms with Crippen LogP contribution in [0.1, 0.15) is 22.3 Å². The van der Waals surface area contributed by atoms with Crippen molar-refractivity contribution in [3.05, 3.63) is 71.8 Å². The van der Waals surface area contributed by atoms with E-state index in [-0.39, 0.29) is 24.8 Å². The van der Waals surface area contributed by atoms with Crippen LogP contribution < -0.4 is 10.6 Å². The lowest BCUT2D eigenvalue weighted by molar-refractivity contribution is -0.147. The minimum absolute atomic E-state index is 0.0560. The Hall–Kier alpha value is -3.94. The molecule has 2 N–H and O–H groups in total. The predicted octanol–water partition coefficient (Wildman–Crippen LogP) is 2.09. The monoisotopic (exact) mass is 423 g/mol. The summed E-state index contributed by atoms with van der Waals surface area (Å²) in [7, 11) is 3.30. The summed E-state index contributed by atoms with van der Waals surface area (Å²) in [6.07, 6.45) is 2.99. The molecule has 31 heavy (non-hydrogen) atoms. The number of ether oxygens (including phenoxy) is 1. The lowest BCUT2D eigenvalue weighted by Crippen LogP contribution is -2.26. The lowest BCUT2D eigenvalue weighted by atomic mass is 10.2. The number of amides is 3. The Morgan fingerprint density at radius 2 is 1.65 bits per heavy atom. The standard InChI is InChI=1S/C23H25N3O5/c1-26(2)23(30)18-9-11-19(12-10-18)25-21(28)16-31-22(29)14-15-24-20(27)13-8-17-6-4-3-5-7-17/h3-13H,14-16H2,1-2H3,(H,24,27)(H,25,28)/b13-8+. The molecule has 0 saturated heterocycles. The van der Waals surface area contributed by atoms with Gasteiger partial charge in [-0.25, -0.2) is 0 Å². The summed E-state index contributed by atoms with van der Waals surface area (Å²) in [4.78, 5) is 48.7. The number of rotatable bonds is 9. The molecule has 3 amide bonds. The van der Waals surface area contributed by atoms with E-state index in [2.05, 4.69) is 10.6 Å². The molecule has 0 spiro atoms. The van der Waals surface area contributed by atoms with Crippen molar-refractivity contribution in [3.63, 3.8) is 0 Å². The van der Waals surface area contributed by atoms with Crippen LogP contribution in [0.2, 0.25) is 0 Å². The molecule has 0 unspecified atom stereocenters. The van der Waals surface area contributed by atoms with Crippen LogP contribution in [0.3, 0.4) is 0 Å². The average molecular weight is 423 g/mol. The second kappa shape index (κ2) is 11.9. The second-order valence-corrected chi connectivity index (χ2v) is 6.77. The van der Waals surface area contributed by atoms with Crippen molar-refractivity contribution in [2.45, 2.75) is 6.42 Å². The van der Waals surface area contributed by atoms with Gasteiger partial charge < -0.3 is 20.3 Å². The number of nitrogens with one attached hydrogen (secondary N) is 2. The first-order valence-corrected chi connectivity index (χ1v) is 9.63. The maximum absolute atomic E-state index is 11.9. The Bertz CT molecular complexity index is 937. The Morgan fingerprint density at radius 3 is 2.29 bits per heavy atom. The van der Waals surface area contributed by atoms with E-state index in [0.717, 1.165) is 5.56 Å². The molecule has 2 aromatic carbocycles. The number of anilines is 1. The summed E-state index contributed by atoms with van der Waals surface area (Å²) in [6.45, 7) is -0.348. The van der Waals surface area contributed by atoms with E-state index < -0.39 is 18.5 Å². The van der Waals surface area contributed by atoms with Crippen molar-refractivity contribution < 1.29 is 23.9 Å². The van der Waals surface area contributed by atoms with Gasteiger partial charge in [0.05, 0.1) is 6.42 Å². The third-order valence-corrected chi connectivity index (χ3v) is 4.04. The fraction of sp³-hybridized carbons (Fsp3) is 0.217. The number of hydrogen-bond acceptors (Lipinski definition) is 5. The van der Waals surface area contributed by atoms with Crippen molar-refractivity contribution >= 4 is 35.5 Å². The molecule has 0 aliphatic rings. The summed E-state index contributed by atoms with van der Waals surface area (Å²) in [5, 5.41) is 5.15. The van der Waals surface area contributed by atoms with Crippen LogP contribution in [0.4, 0.5) is 5.69 Å². The summed E-state index contributed by atoms with van der Waals surface area (Å²) in [5.74, 6) is -1.58. The fourth-order valence-electron chi connectivity index (χ4n) is 2.45. The van der Waals surface area contributed by atoms with Crippen LogP contribution in [-0.4, -0.2) is 55.8 Å². The number of nitrogens with zero attached hydrogens (tertiary/aromatic N) is 1. The normalized spacial score (nSPS) is 10.4. The first-order chi connectivity index (χ1) is 14.8. The van der Waals surface area contributed by atoms with Gasteiger partial charge in [0.1, 0.15) is 0 Å². The van der Waals surface area contributed by atoms with E-state index in [1.54, 1.807) is 44.4 Å². The van der Waals surface area contributed by atoms with Crippen LogP contribution >= 0.6 is 0 Å². The molecule has 162 valence electrons. The Balaban J connectivity index is 1.65. The number of esters is 1. The zero-order valence-corrected chi connectivity index (χ0v) is 17.5. The summed E-state index contributed by atoms with van der Waals surface area (Å²) in [5.41, 5.74) is 1.87. The van der Waals surface area contributed by atoms with E-state index in [4.69, 9.17) is 4.74 Å². The van der Waals surface area contributed by atoms with Gasteiger partial charge in [-0.2, -0.15) is 0 Å². The van der Waals surface area contributed by atoms with Gasteiger partial charge in [0, 0.05) is 38.0 Å². The molecule has 8 heteroatoms. The Kier molecular flexibility index (Phi) is 8.97. The minimum Gasteiger partial charge on any atom is -0.456 e. The van der Waals surface area contributed by atoms with Crippen molar-refractivity contribution in [3.8, 4) is 0 Å². The van der Waals surface area contributed by atoms with Gasteiger partial charge in [-0.1, -0.05) is 30.3 Å². The predicted molar refractivity (Wildman–Crippen MR) is 117 cm³/mol. The zero-order valence-electron chi connectivity index (χ0n) is 17.5. The number of carbonyl (C=O) groups is 4. The Labute approximate surface area is 180 Å². The van der Waals surface area contributed by atoms with Crippen LogP contribution in [-0.2, 0) is 19.1 Å². The van der Waals surface area contributed by atoms with Crippen molar-refractivity contribution in [1.82, 2.24) is 10.2 Å². The maximum atomic E-state index is 11.9. The highest BCUT2D eigenvalue weighted by atomic mass is 16.5. The third kappa shape index (κ3) is 8.53. The van der Waals surface area contributed by atoms with Gasteiger partial charge >= 0.3 is 5.97 Å². The van der Waals surface area contributed by atoms with Gasteiger partial charge in [-0.15, -0.1) is 0 Å². The molecule has 8 nitrogen and oxygen atoms in total. The topological polar surface area (TPSA) is 105 Å². The molecule has 2 rings (SSSR count). The molecule has 0 aliphatic carbocycles. The quantitative estimate of drug-likeness (QED) is 0.475. The fourth-order valence-corrected chi connectivity index (χ4v) is 2.45.